The second-order valence-corrected chi connectivity index (χ2v) is 3.51. The average molecular weight is 237 g/mol. The number of carbonyl (C=O) groups excluding carboxylic acids is 1. The third-order valence-corrected chi connectivity index (χ3v) is 2.28. The van der Waals surface area contributed by atoms with Crippen LogP contribution in [0.1, 0.15) is 23.7 Å². The van der Waals surface area contributed by atoms with Gasteiger partial charge in [0.2, 0.25) is 0 Å². The smallest absolute Gasteiger partial charge is 0.343 e. The van der Waals surface area contributed by atoms with E-state index in [-0.39, 0.29) is 0 Å². The molecule has 0 aliphatic carbocycles. The molecule has 1 aromatic heterocycles. The molecule has 0 saturated heterocycles. The van der Waals surface area contributed by atoms with E-state index < -0.39 is 5.97 Å². The number of hydrogen-bond donors (Lipinski definition) is 3. The van der Waals surface area contributed by atoms with E-state index >= 15 is 0 Å². The van der Waals surface area contributed by atoms with Gasteiger partial charge in [0, 0.05) is 13.1 Å². The molecule has 1 aliphatic heterocycles. The molecular formula is C10H15N5O2. The maximum Gasteiger partial charge on any atom is 0.343 e. The van der Waals surface area contributed by atoms with Gasteiger partial charge in [0.1, 0.15) is 11.4 Å². The monoisotopic (exact) mass is 237 g/mol. The first-order valence-corrected chi connectivity index (χ1v) is 5.57. The van der Waals surface area contributed by atoms with E-state index in [1.807, 2.05) is 0 Å². The van der Waals surface area contributed by atoms with E-state index in [1.165, 1.54) is 6.20 Å². The zero-order chi connectivity index (χ0) is 12.1. The summed E-state index contributed by atoms with van der Waals surface area (Å²) >= 11 is 0. The van der Waals surface area contributed by atoms with Crippen LogP contribution in [-0.2, 0) is 4.74 Å². The molecule has 17 heavy (non-hydrogen) atoms. The van der Waals surface area contributed by atoms with Gasteiger partial charge in [0.25, 0.3) is 0 Å². The van der Waals surface area contributed by atoms with Crippen LogP contribution in [0, 0.1) is 0 Å². The summed E-state index contributed by atoms with van der Waals surface area (Å²) in [5.41, 5.74) is 0.377. The van der Waals surface area contributed by atoms with Crippen LogP contribution in [-0.4, -0.2) is 41.8 Å². The summed E-state index contributed by atoms with van der Waals surface area (Å²) in [5.74, 6) is 0.739. The summed E-state index contributed by atoms with van der Waals surface area (Å²) < 4.78 is 4.92. The van der Waals surface area contributed by atoms with Gasteiger partial charge >= 0.3 is 5.97 Å². The fourth-order valence-corrected chi connectivity index (χ4v) is 1.48. The van der Waals surface area contributed by atoms with Crippen LogP contribution in [0.15, 0.2) is 11.2 Å². The fourth-order valence-electron chi connectivity index (χ4n) is 1.48. The minimum atomic E-state index is -0.403. The second kappa shape index (κ2) is 5.33. The van der Waals surface area contributed by atoms with E-state index in [2.05, 4.69) is 25.8 Å². The Morgan fingerprint density at radius 2 is 2.53 bits per heavy atom. The summed E-state index contributed by atoms with van der Waals surface area (Å²) in [5, 5.41) is 12.6. The lowest BCUT2D eigenvalue weighted by Gasteiger charge is -2.15. The molecule has 0 fully saturated rings. The van der Waals surface area contributed by atoms with E-state index in [0.717, 1.165) is 19.5 Å². The number of guanidine groups is 1. The van der Waals surface area contributed by atoms with Crippen molar-refractivity contribution in [2.24, 2.45) is 4.99 Å². The summed E-state index contributed by atoms with van der Waals surface area (Å²) in [7, 11) is 0. The van der Waals surface area contributed by atoms with Crippen LogP contribution < -0.4 is 10.6 Å². The summed E-state index contributed by atoms with van der Waals surface area (Å²) in [6, 6.07) is 0. The quantitative estimate of drug-likeness (QED) is 0.660. The molecule has 7 heteroatoms. The van der Waals surface area contributed by atoms with Crippen LogP contribution in [0.4, 0.5) is 5.82 Å². The van der Waals surface area contributed by atoms with E-state index in [9.17, 15) is 4.79 Å². The number of ether oxygens (including phenoxy) is 1. The number of hydrogen-bond acceptors (Lipinski definition) is 6. The van der Waals surface area contributed by atoms with E-state index in [0.29, 0.717) is 23.9 Å². The zero-order valence-electron chi connectivity index (χ0n) is 9.62. The van der Waals surface area contributed by atoms with Crippen molar-refractivity contribution in [2.75, 3.05) is 25.0 Å². The molecule has 92 valence electrons. The predicted molar refractivity (Wildman–Crippen MR) is 63.1 cm³/mol. The standard InChI is InChI=1S/C10H15N5O2/c1-2-17-9(16)7-6-13-15-8(7)14-10-11-4-3-5-12-10/h6H,2-5H2,1H3,(H3,11,12,13,14,15). The molecule has 0 atom stereocenters. The molecule has 2 rings (SSSR count). The highest BCUT2D eigenvalue weighted by Gasteiger charge is 2.16. The van der Waals surface area contributed by atoms with Crippen molar-refractivity contribution in [1.29, 1.82) is 0 Å². The Kier molecular flexibility index (Phi) is 3.59. The SMILES string of the molecule is CCOC(=O)c1cn[nH]c1NC1=NCCCN1. The van der Waals surface area contributed by atoms with Crippen LogP contribution in [0.2, 0.25) is 0 Å². The number of anilines is 1. The van der Waals surface area contributed by atoms with Crippen LogP contribution in [0.5, 0.6) is 0 Å². The van der Waals surface area contributed by atoms with E-state index in [1.54, 1.807) is 6.92 Å². The molecule has 1 aliphatic rings. The number of nitrogens with zero attached hydrogens (tertiary/aromatic N) is 2. The normalized spacial score (nSPS) is 14.8. The van der Waals surface area contributed by atoms with Crippen LogP contribution in [0.25, 0.3) is 0 Å². The second-order valence-electron chi connectivity index (χ2n) is 3.51. The molecule has 0 saturated carbocycles. The Bertz CT molecular complexity index is 426. The summed E-state index contributed by atoms with van der Waals surface area (Å²) in [6.07, 6.45) is 2.45. The molecular weight excluding hydrogens is 222 g/mol. The lowest BCUT2D eigenvalue weighted by molar-refractivity contribution is 0.0527. The number of esters is 1. The zero-order valence-corrected chi connectivity index (χ0v) is 9.62. The van der Waals surface area contributed by atoms with Crippen molar-refractivity contribution in [3.8, 4) is 0 Å². The van der Waals surface area contributed by atoms with Crippen molar-refractivity contribution in [1.82, 2.24) is 15.5 Å². The minimum Gasteiger partial charge on any atom is -0.462 e. The van der Waals surface area contributed by atoms with Crippen molar-refractivity contribution in [3.63, 3.8) is 0 Å². The number of aromatic amines is 1. The maximum absolute atomic E-state index is 11.6. The number of aromatic nitrogens is 2. The number of carbonyl (C=O) groups is 1. The van der Waals surface area contributed by atoms with Crippen molar-refractivity contribution in [2.45, 2.75) is 13.3 Å². The Morgan fingerprint density at radius 1 is 1.65 bits per heavy atom. The van der Waals surface area contributed by atoms with Crippen molar-refractivity contribution < 1.29 is 9.53 Å². The van der Waals surface area contributed by atoms with Gasteiger partial charge in [0.15, 0.2) is 5.96 Å². The topological polar surface area (TPSA) is 91.4 Å². The highest BCUT2D eigenvalue weighted by atomic mass is 16.5. The summed E-state index contributed by atoms with van der Waals surface area (Å²) in [4.78, 5) is 15.8. The molecule has 1 aromatic rings. The molecule has 0 radical (unpaired) electrons. The molecule has 7 nitrogen and oxygen atoms in total. The molecule has 0 aromatic carbocycles. The lowest BCUT2D eigenvalue weighted by Crippen LogP contribution is -2.35. The number of H-pyrrole nitrogens is 1. The highest BCUT2D eigenvalue weighted by Crippen LogP contribution is 2.12. The van der Waals surface area contributed by atoms with Gasteiger partial charge in [-0.15, -0.1) is 0 Å². The van der Waals surface area contributed by atoms with Crippen LogP contribution >= 0.6 is 0 Å². The first-order chi connectivity index (χ1) is 8.31. The first kappa shape index (κ1) is 11.4. The lowest BCUT2D eigenvalue weighted by atomic mass is 10.3. The molecule has 0 spiro atoms. The van der Waals surface area contributed by atoms with Crippen LogP contribution in [0.3, 0.4) is 0 Å². The third-order valence-electron chi connectivity index (χ3n) is 2.28. The Hall–Kier alpha value is -2.05. The molecule has 3 N–H and O–H groups in total. The van der Waals surface area contributed by atoms with Gasteiger partial charge in [0.05, 0.1) is 12.8 Å². The van der Waals surface area contributed by atoms with Crippen molar-refractivity contribution in [3.05, 3.63) is 11.8 Å². The van der Waals surface area contributed by atoms with Gasteiger partial charge in [-0.2, -0.15) is 5.10 Å². The van der Waals surface area contributed by atoms with Gasteiger partial charge in [-0.25, -0.2) is 4.79 Å². The Labute approximate surface area is 98.6 Å². The average Bonchev–Trinajstić information content (AvgIpc) is 2.79. The summed E-state index contributed by atoms with van der Waals surface area (Å²) in [6.45, 7) is 3.74. The maximum atomic E-state index is 11.6. The minimum absolute atomic E-state index is 0.336. The van der Waals surface area contributed by atoms with Gasteiger partial charge in [-0.3, -0.25) is 10.1 Å². The van der Waals surface area contributed by atoms with Gasteiger partial charge in [-0.1, -0.05) is 0 Å². The molecule has 0 unspecified atom stereocenters. The first-order valence-electron chi connectivity index (χ1n) is 5.57. The van der Waals surface area contributed by atoms with Gasteiger partial charge in [-0.05, 0) is 13.3 Å². The van der Waals surface area contributed by atoms with Crippen molar-refractivity contribution >= 4 is 17.7 Å². The Balaban J connectivity index is 2.08. The van der Waals surface area contributed by atoms with E-state index in [4.69, 9.17) is 4.74 Å². The third kappa shape index (κ3) is 2.74. The predicted octanol–water partition coefficient (Wildman–Crippen LogP) is 0.348. The fraction of sp³-hybridized carbons (Fsp3) is 0.500. The molecule has 0 bridgehead atoms. The molecule has 2 heterocycles. The Morgan fingerprint density at radius 3 is 3.24 bits per heavy atom. The number of rotatable bonds is 3. The number of aliphatic imine (C=N–C) groups is 1. The number of nitrogens with one attached hydrogen (secondary N) is 3. The van der Waals surface area contributed by atoms with Gasteiger partial charge < -0.3 is 15.4 Å². The highest BCUT2D eigenvalue weighted by molar-refractivity contribution is 6.01. The largest absolute Gasteiger partial charge is 0.462 e. The molecule has 0 amide bonds.